The van der Waals surface area contributed by atoms with Gasteiger partial charge >= 0.3 is 0 Å². The molecule has 0 aliphatic carbocycles. The Labute approximate surface area is 130 Å². The summed E-state index contributed by atoms with van der Waals surface area (Å²) in [6.45, 7) is 0. The highest BCUT2D eigenvalue weighted by atomic mass is 19.1. The van der Waals surface area contributed by atoms with E-state index in [1.807, 2.05) is 30.3 Å². The molecule has 1 heterocycles. The molecule has 112 valence electrons. The van der Waals surface area contributed by atoms with Gasteiger partial charge in [0.25, 0.3) is 0 Å². The minimum Gasteiger partial charge on any atom is -0.455 e. The fourth-order valence-corrected chi connectivity index (χ4v) is 2.72. The molecule has 0 atom stereocenters. The van der Waals surface area contributed by atoms with Gasteiger partial charge in [0.15, 0.2) is 5.43 Å². The molecular formula is C19H12FNO2. The van der Waals surface area contributed by atoms with Crippen molar-refractivity contribution >= 4 is 27.4 Å². The lowest BCUT2D eigenvalue weighted by atomic mass is 10.1. The molecule has 0 aliphatic rings. The Kier molecular flexibility index (Phi) is 2.91. The predicted molar refractivity (Wildman–Crippen MR) is 89.8 cm³/mol. The molecule has 0 radical (unpaired) electrons. The number of fused-ring (bicyclic) bond motifs is 3. The van der Waals surface area contributed by atoms with E-state index in [0.29, 0.717) is 22.3 Å². The van der Waals surface area contributed by atoms with Crippen LogP contribution in [-0.4, -0.2) is 0 Å². The lowest BCUT2D eigenvalue weighted by Crippen LogP contribution is -2.01. The lowest BCUT2D eigenvalue weighted by molar-refractivity contribution is 0.619. The summed E-state index contributed by atoms with van der Waals surface area (Å²) in [6, 6.07) is 17.0. The minimum absolute atomic E-state index is 0.0168. The summed E-state index contributed by atoms with van der Waals surface area (Å²) >= 11 is 0. The van der Waals surface area contributed by atoms with Crippen LogP contribution in [0.1, 0.15) is 0 Å². The second-order valence-electron chi connectivity index (χ2n) is 5.37. The summed E-state index contributed by atoms with van der Waals surface area (Å²) in [5.41, 5.74) is 6.56. The van der Waals surface area contributed by atoms with E-state index in [-0.39, 0.29) is 11.1 Å². The summed E-state index contributed by atoms with van der Waals surface area (Å²) < 4.78 is 19.3. The van der Waals surface area contributed by atoms with Crippen molar-refractivity contribution in [1.82, 2.24) is 0 Å². The first-order valence-corrected chi connectivity index (χ1v) is 7.14. The number of benzene rings is 3. The highest BCUT2D eigenvalue weighted by Crippen LogP contribution is 2.29. The van der Waals surface area contributed by atoms with E-state index in [4.69, 9.17) is 10.2 Å². The standard InChI is InChI=1S/C19H12FNO2/c20-15-8-6-12(9-16(15)21)18-10-17(22)14-7-5-11-3-1-2-4-13(11)19(14)23-18/h1-10H,21H2. The summed E-state index contributed by atoms with van der Waals surface area (Å²) in [5.74, 6) is -0.132. The third kappa shape index (κ3) is 2.16. The maximum absolute atomic E-state index is 13.3. The van der Waals surface area contributed by atoms with Gasteiger partial charge in [0.1, 0.15) is 17.2 Å². The van der Waals surface area contributed by atoms with Crippen molar-refractivity contribution in [2.24, 2.45) is 0 Å². The van der Waals surface area contributed by atoms with Crippen LogP contribution in [0.15, 0.2) is 69.9 Å². The predicted octanol–water partition coefficient (Wildman–Crippen LogP) is 4.33. The maximum Gasteiger partial charge on any atom is 0.193 e. The van der Waals surface area contributed by atoms with Crippen LogP contribution >= 0.6 is 0 Å². The van der Waals surface area contributed by atoms with Gasteiger partial charge in [-0.1, -0.05) is 30.3 Å². The van der Waals surface area contributed by atoms with Crippen LogP contribution in [-0.2, 0) is 0 Å². The van der Waals surface area contributed by atoms with Crippen molar-refractivity contribution in [2.45, 2.75) is 0 Å². The molecular weight excluding hydrogens is 293 g/mol. The van der Waals surface area contributed by atoms with E-state index in [9.17, 15) is 9.18 Å². The topological polar surface area (TPSA) is 56.2 Å². The Morgan fingerprint density at radius 1 is 0.913 bits per heavy atom. The lowest BCUT2D eigenvalue weighted by Gasteiger charge is -2.07. The van der Waals surface area contributed by atoms with Crippen molar-refractivity contribution in [1.29, 1.82) is 0 Å². The molecule has 0 amide bonds. The van der Waals surface area contributed by atoms with Gasteiger partial charge in [-0.25, -0.2) is 4.39 Å². The molecule has 3 nitrogen and oxygen atoms in total. The number of rotatable bonds is 1. The van der Waals surface area contributed by atoms with Gasteiger partial charge in [0.2, 0.25) is 0 Å². The Morgan fingerprint density at radius 3 is 2.57 bits per heavy atom. The van der Waals surface area contributed by atoms with E-state index >= 15 is 0 Å². The second kappa shape index (κ2) is 4.95. The third-order valence-corrected chi connectivity index (χ3v) is 3.90. The van der Waals surface area contributed by atoms with Crippen molar-refractivity contribution in [3.05, 3.63) is 76.7 Å². The Balaban J connectivity index is 2.07. The SMILES string of the molecule is Nc1cc(-c2cc(=O)c3ccc4ccccc4c3o2)ccc1F. The Hall–Kier alpha value is -3.14. The largest absolute Gasteiger partial charge is 0.455 e. The fraction of sp³-hybridized carbons (Fsp3) is 0. The van der Waals surface area contributed by atoms with Crippen molar-refractivity contribution in [3.8, 4) is 11.3 Å². The van der Waals surface area contributed by atoms with Crippen molar-refractivity contribution in [2.75, 3.05) is 5.73 Å². The van der Waals surface area contributed by atoms with Crippen LogP contribution in [0, 0.1) is 5.82 Å². The molecule has 0 unspecified atom stereocenters. The molecule has 0 bridgehead atoms. The summed E-state index contributed by atoms with van der Waals surface area (Å²) in [7, 11) is 0. The van der Waals surface area contributed by atoms with Crippen molar-refractivity contribution in [3.63, 3.8) is 0 Å². The molecule has 0 fully saturated rings. The minimum atomic E-state index is -0.498. The number of hydrogen-bond acceptors (Lipinski definition) is 3. The highest BCUT2D eigenvalue weighted by molar-refractivity contribution is 6.04. The summed E-state index contributed by atoms with van der Waals surface area (Å²) in [4.78, 5) is 12.4. The van der Waals surface area contributed by atoms with Gasteiger partial charge in [-0.2, -0.15) is 0 Å². The maximum atomic E-state index is 13.3. The molecule has 0 spiro atoms. The van der Waals surface area contributed by atoms with Crippen molar-refractivity contribution < 1.29 is 8.81 Å². The highest BCUT2D eigenvalue weighted by Gasteiger charge is 2.11. The molecule has 2 N–H and O–H groups in total. The molecule has 0 aliphatic heterocycles. The van der Waals surface area contributed by atoms with E-state index in [1.165, 1.54) is 18.2 Å². The zero-order valence-corrected chi connectivity index (χ0v) is 12.0. The van der Waals surface area contributed by atoms with Crippen LogP contribution < -0.4 is 11.2 Å². The van der Waals surface area contributed by atoms with Crippen LogP contribution in [0.2, 0.25) is 0 Å². The quantitative estimate of drug-likeness (QED) is 0.420. The van der Waals surface area contributed by atoms with E-state index in [2.05, 4.69) is 0 Å². The number of halogens is 1. The van der Waals surface area contributed by atoms with Crippen LogP contribution in [0.25, 0.3) is 33.1 Å². The second-order valence-corrected chi connectivity index (χ2v) is 5.37. The van der Waals surface area contributed by atoms with Gasteiger partial charge in [-0.05, 0) is 29.7 Å². The molecule has 3 aromatic carbocycles. The molecule has 4 rings (SSSR count). The number of hydrogen-bond donors (Lipinski definition) is 1. The van der Waals surface area contributed by atoms with Gasteiger partial charge < -0.3 is 10.2 Å². The summed E-state index contributed by atoms with van der Waals surface area (Å²) in [5, 5.41) is 2.36. The first kappa shape index (κ1) is 13.5. The number of nitrogen functional groups attached to an aromatic ring is 1. The van der Waals surface area contributed by atoms with Gasteiger partial charge in [0.05, 0.1) is 11.1 Å². The zero-order valence-electron chi connectivity index (χ0n) is 12.0. The van der Waals surface area contributed by atoms with Gasteiger partial charge in [-0.3, -0.25) is 4.79 Å². The number of anilines is 1. The van der Waals surface area contributed by atoms with E-state index in [0.717, 1.165) is 10.8 Å². The Bertz CT molecular complexity index is 1120. The molecule has 4 heteroatoms. The number of nitrogens with two attached hydrogens (primary N) is 1. The third-order valence-electron chi connectivity index (χ3n) is 3.90. The fourth-order valence-electron chi connectivity index (χ4n) is 2.72. The van der Waals surface area contributed by atoms with Gasteiger partial charge in [0, 0.05) is 17.0 Å². The summed E-state index contributed by atoms with van der Waals surface area (Å²) in [6.07, 6.45) is 0. The molecule has 0 saturated carbocycles. The molecule has 0 saturated heterocycles. The van der Waals surface area contributed by atoms with Crippen LogP contribution in [0.5, 0.6) is 0 Å². The first-order chi connectivity index (χ1) is 11.1. The monoisotopic (exact) mass is 305 g/mol. The van der Waals surface area contributed by atoms with Crippen LogP contribution in [0.4, 0.5) is 10.1 Å². The average molecular weight is 305 g/mol. The van der Waals surface area contributed by atoms with E-state index in [1.54, 1.807) is 12.1 Å². The smallest absolute Gasteiger partial charge is 0.193 e. The molecule has 23 heavy (non-hydrogen) atoms. The molecule has 4 aromatic rings. The molecule has 1 aromatic heterocycles. The average Bonchev–Trinajstić information content (AvgIpc) is 2.57. The van der Waals surface area contributed by atoms with E-state index < -0.39 is 5.82 Å². The first-order valence-electron chi connectivity index (χ1n) is 7.14. The normalized spacial score (nSPS) is 11.2. The van der Waals surface area contributed by atoms with Crippen LogP contribution in [0.3, 0.4) is 0 Å². The Morgan fingerprint density at radius 2 is 1.74 bits per heavy atom. The zero-order chi connectivity index (χ0) is 16.0. The van der Waals surface area contributed by atoms with Gasteiger partial charge in [-0.15, -0.1) is 0 Å².